The highest BCUT2D eigenvalue weighted by atomic mass is 16.4. The number of carbonyl (C=O) groups is 3. The molecule has 0 aliphatic carbocycles. The largest absolute Gasteiger partial charge is 0.481 e. The molecule has 1 rings (SSSR count). The van der Waals surface area contributed by atoms with E-state index in [4.69, 9.17) is 9.52 Å². The van der Waals surface area contributed by atoms with Gasteiger partial charge in [0.1, 0.15) is 12.3 Å². The van der Waals surface area contributed by atoms with E-state index >= 15 is 0 Å². The van der Waals surface area contributed by atoms with E-state index in [2.05, 4.69) is 10.6 Å². The lowest BCUT2D eigenvalue weighted by atomic mass is 10.0. The maximum atomic E-state index is 11.8. The fraction of sp³-hybridized carbons (Fsp3) is 0.500. The summed E-state index contributed by atoms with van der Waals surface area (Å²) in [5, 5.41) is 14.0. The third kappa shape index (κ3) is 5.29. The standard InChI is InChI=1S/C14H20N2O5/c1-3-4-10(14(19)20)7-15-12(17)9(2)16-13(18)11-5-6-21-8-11/h5-6,8-10H,3-4,7H2,1-2H3,(H,15,17)(H,16,18)(H,19,20). The second kappa shape index (κ2) is 8.08. The van der Waals surface area contributed by atoms with Crippen LogP contribution in [0.2, 0.25) is 0 Å². The van der Waals surface area contributed by atoms with Crippen LogP contribution in [0.15, 0.2) is 23.0 Å². The summed E-state index contributed by atoms with van der Waals surface area (Å²) in [5.74, 6) is -2.40. The number of carboxylic acids is 1. The highest BCUT2D eigenvalue weighted by Gasteiger charge is 2.21. The maximum Gasteiger partial charge on any atom is 0.308 e. The van der Waals surface area contributed by atoms with Crippen LogP contribution in [0.3, 0.4) is 0 Å². The number of hydrogen-bond donors (Lipinski definition) is 3. The van der Waals surface area contributed by atoms with Gasteiger partial charge in [-0.25, -0.2) is 0 Å². The number of nitrogens with one attached hydrogen (secondary N) is 2. The molecule has 21 heavy (non-hydrogen) atoms. The molecule has 0 aliphatic rings. The first-order valence-corrected chi connectivity index (χ1v) is 6.79. The summed E-state index contributed by atoms with van der Waals surface area (Å²) >= 11 is 0. The summed E-state index contributed by atoms with van der Waals surface area (Å²) in [6.45, 7) is 3.46. The molecular formula is C14H20N2O5. The van der Waals surface area contributed by atoms with Crippen LogP contribution in [-0.2, 0) is 9.59 Å². The Morgan fingerprint density at radius 3 is 2.62 bits per heavy atom. The van der Waals surface area contributed by atoms with E-state index in [1.807, 2.05) is 6.92 Å². The van der Waals surface area contributed by atoms with E-state index in [-0.39, 0.29) is 6.54 Å². The van der Waals surface area contributed by atoms with Crippen molar-refractivity contribution in [3.63, 3.8) is 0 Å². The van der Waals surface area contributed by atoms with E-state index < -0.39 is 29.7 Å². The maximum absolute atomic E-state index is 11.8. The molecule has 7 nitrogen and oxygen atoms in total. The second-order valence-corrected chi connectivity index (χ2v) is 4.78. The molecule has 116 valence electrons. The predicted molar refractivity (Wildman–Crippen MR) is 74.7 cm³/mol. The van der Waals surface area contributed by atoms with Crippen molar-refractivity contribution in [2.24, 2.45) is 5.92 Å². The molecule has 0 aliphatic heterocycles. The Balaban J connectivity index is 2.43. The average Bonchev–Trinajstić information content (AvgIpc) is 2.96. The van der Waals surface area contributed by atoms with E-state index in [0.717, 1.165) is 6.42 Å². The van der Waals surface area contributed by atoms with E-state index in [1.165, 1.54) is 25.5 Å². The van der Waals surface area contributed by atoms with Crippen LogP contribution in [0, 0.1) is 5.92 Å². The molecule has 0 spiro atoms. The lowest BCUT2D eigenvalue weighted by molar-refractivity contribution is -0.142. The Hall–Kier alpha value is -2.31. The molecular weight excluding hydrogens is 276 g/mol. The Morgan fingerprint density at radius 1 is 1.38 bits per heavy atom. The lowest BCUT2D eigenvalue weighted by Gasteiger charge is -2.16. The highest BCUT2D eigenvalue weighted by Crippen LogP contribution is 2.05. The number of carboxylic acid groups (broad SMARTS) is 1. The summed E-state index contributed by atoms with van der Waals surface area (Å²) < 4.78 is 4.78. The van der Waals surface area contributed by atoms with Gasteiger partial charge in [-0.3, -0.25) is 14.4 Å². The van der Waals surface area contributed by atoms with Crippen molar-refractivity contribution in [2.75, 3.05) is 6.54 Å². The quantitative estimate of drug-likeness (QED) is 0.663. The van der Waals surface area contributed by atoms with Crippen molar-refractivity contribution < 1.29 is 23.9 Å². The zero-order valence-corrected chi connectivity index (χ0v) is 12.1. The molecule has 2 atom stereocenters. The van der Waals surface area contributed by atoms with E-state index in [9.17, 15) is 14.4 Å². The molecule has 3 N–H and O–H groups in total. The Bertz CT molecular complexity index is 484. The van der Waals surface area contributed by atoms with Crippen LogP contribution >= 0.6 is 0 Å². The Kier molecular flexibility index (Phi) is 6.45. The number of furan rings is 1. The minimum absolute atomic E-state index is 0.0495. The van der Waals surface area contributed by atoms with Crippen LogP contribution in [0.1, 0.15) is 37.0 Å². The number of rotatable bonds is 8. The smallest absolute Gasteiger partial charge is 0.308 e. The molecule has 0 bridgehead atoms. The summed E-state index contributed by atoms with van der Waals surface area (Å²) in [4.78, 5) is 34.5. The van der Waals surface area contributed by atoms with Crippen molar-refractivity contribution in [1.29, 1.82) is 0 Å². The Morgan fingerprint density at radius 2 is 2.10 bits per heavy atom. The van der Waals surface area contributed by atoms with Crippen LogP contribution in [0.25, 0.3) is 0 Å². The van der Waals surface area contributed by atoms with Crippen LogP contribution in [0.5, 0.6) is 0 Å². The molecule has 1 aromatic heterocycles. The van der Waals surface area contributed by atoms with Crippen molar-refractivity contribution >= 4 is 17.8 Å². The molecule has 0 fully saturated rings. The van der Waals surface area contributed by atoms with Crippen molar-refractivity contribution in [3.05, 3.63) is 24.2 Å². The normalized spacial score (nSPS) is 13.2. The second-order valence-electron chi connectivity index (χ2n) is 4.78. The third-order valence-electron chi connectivity index (χ3n) is 3.03. The van der Waals surface area contributed by atoms with Gasteiger partial charge in [0.2, 0.25) is 5.91 Å². The first-order chi connectivity index (χ1) is 9.95. The van der Waals surface area contributed by atoms with Crippen LogP contribution in [-0.4, -0.2) is 35.5 Å². The van der Waals surface area contributed by atoms with Gasteiger partial charge in [0.05, 0.1) is 17.7 Å². The molecule has 7 heteroatoms. The number of carbonyl (C=O) groups excluding carboxylic acids is 2. The van der Waals surface area contributed by atoms with E-state index in [0.29, 0.717) is 12.0 Å². The first-order valence-electron chi connectivity index (χ1n) is 6.79. The monoisotopic (exact) mass is 296 g/mol. The fourth-order valence-electron chi connectivity index (χ4n) is 1.78. The minimum Gasteiger partial charge on any atom is -0.481 e. The van der Waals surface area contributed by atoms with Crippen molar-refractivity contribution in [2.45, 2.75) is 32.7 Å². The highest BCUT2D eigenvalue weighted by molar-refractivity contribution is 5.97. The molecule has 0 saturated carbocycles. The number of aliphatic carboxylic acids is 1. The number of hydrogen-bond acceptors (Lipinski definition) is 4. The predicted octanol–water partition coefficient (Wildman–Crippen LogP) is 1.01. The van der Waals surface area contributed by atoms with E-state index in [1.54, 1.807) is 0 Å². The fourth-order valence-corrected chi connectivity index (χ4v) is 1.78. The zero-order valence-electron chi connectivity index (χ0n) is 12.1. The summed E-state index contributed by atoms with van der Waals surface area (Å²) in [7, 11) is 0. The van der Waals surface area contributed by atoms with Gasteiger partial charge in [-0.2, -0.15) is 0 Å². The topological polar surface area (TPSA) is 109 Å². The third-order valence-corrected chi connectivity index (χ3v) is 3.03. The summed E-state index contributed by atoms with van der Waals surface area (Å²) in [6.07, 6.45) is 3.86. The average molecular weight is 296 g/mol. The van der Waals surface area contributed by atoms with Crippen molar-refractivity contribution in [1.82, 2.24) is 10.6 Å². The minimum atomic E-state index is -0.938. The summed E-state index contributed by atoms with van der Waals surface area (Å²) in [6, 6.07) is 0.727. The van der Waals surface area contributed by atoms with Gasteiger partial charge in [-0.05, 0) is 19.4 Å². The van der Waals surface area contributed by atoms with Gasteiger partial charge in [-0.1, -0.05) is 13.3 Å². The van der Waals surface area contributed by atoms with Gasteiger partial charge in [0.15, 0.2) is 0 Å². The van der Waals surface area contributed by atoms with Crippen LogP contribution in [0.4, 0.5) is 0 Å². The zero-order chi connectivity index (χ0) is 15.8. The molecule has 1 heterocycles. The molecule has 2 unspecified atom stereocenters. The van der Waals surface area contributed by atoms with Gasteiger partial charge in [-0.15, -0.1) is 0 Å². The lowest BCUT2D eigenvalue weighted by Crippen LogP contribution is -2.46. The molecule has 2 amide bonds. The van der Waals surface area contributed by atoms with Gasteiger partial charge in [0.25, 0.3) is 5.91 Å². The Labute approximate surface area is 122 Å². The van der Waals surface area contributed by atoms with Crippen molar-refractivity contribution in [3.8, 4) is 0 Å². The molecule has 0 aromatic carbocycles. The van der Waals surface area contributed by atoms with Crippen LogP contribution < -0.4 is 10.6 Å². The summed E-state index contributed by atoms with van der Waals surface area (Å²) in [5.41, 5.74) is 0.323. The van der Waals surface area contributed by atoms with Gasteiger partial charge in [0, 0.05) is 6.54 Å². The molecule has 0 saturated heterocycles. The SMILES string of the molecule is CCCC(CNC(=O)C(C)NC(=O)c1ccoc1)C(=O)O. The molecule has 0 radical (unpaired) electrons. The van der Waals surface area contributed by atoms with Gasteiger partial charge >= 0.3 is 5.97 Å². The number of amides is 2. The van der Waals surface area contributed by atoms with Gasteiger partial charge < -0.3 is 20.2 Å². The first kappa shape index (κ1) is 16.7. The molecule has 1 aromatic rings.